The van der Waals surface area contributed by atoms with E-state index in [-0.39, 0.29) is 0 Å². The predicted molar refractivity (Wildman–Crippen MR) is 72.3 cm³/mol. The van der Waals surface area contributed by atoms with Crippen LogP contribution in [-0.2, 0) is 0 Å². The molecule has 1 aromatic rings. The van der Waals surface area contributed by atoms with Crippen molar-refractivity contribution in [2.24, 2.45) is 0 Å². The van der Waals surface area contributed by atoms with Crippen molar-refractivity contribution in [3.63, 3.8) is 0 Å². The maximum Gasteiger partial charge on any atom is 0.128 e. The van der Waals surface area contributed by atoms with Crippen LogP contribution in [0.2, 0.25) is 0 Å². The monoisotopic (exact) mass is 244 g/mol. The van der Waals surface area contributed by atoms with E-state index in [2.05, 4.69) is 40.3 Å². The van der Waals surface area contributed by atoms with Crippen molar-refractivity contribution in [2.45, 2.75) is 38.3 Å². The summed E-state index contributed by atoms with van der Waals surface area (Å²) in [5, 5.41) is 11.9. The minimum atomic E-state index is 0.319. The van der Waals surface area contributed by atoms with Gasteiger partial charge in [-0.25, -0.2) is 4.98 Å². The lowest BCUT2D eigenvalue weighted by atomic mass is 10.1. The van der Waals surface area contributed by atoms with Gasteiger partial charge >= 0.3 is 0 Å². The van der Waals surface area contributed by atoms with Crippen molar-refractivity contribution in [3.8, 4) is 6.07 Å². The van der Waals surface area contributed by atoms with E-state index in [1.165, 1.54) is 18.4 Å². The Bertz CT molecular complexity index is 416. The highest BCUT2D eigenvalue weighted by molar-refractivity contribution is 5.42. The van der Waals surface area contributed by atoms with Gasteiger partial charge in [0.05, 0.1) is 12.5 Å². The SMILES string of the molecule is CNC(C)c1ccc(N(CCC#N)C2CC2)nc1. The summed E-state index contributed by atoms with van der Waals surface area (Å²) in [6.07, 6.45) is 4.94. The lowest BCUT2D eigenvalue weighted by Crippen LogP contribution is -2.27. The van der Waals surface area contributed by atoms with Gasteiger partial charge in [0.1, 0.15) is 5.82 Å². The second-order valence-electron chi connectivity index (χ2n) is 4.79. The van der Waals surface area contributed by atoms with Gasteiger partial charge in [-0.3, -0.25) is 0 Å². The van der Waals surface area contributed by atoms with E-state index in [1.54, 1.807) is 0 Å². The van der Waals surface area contributed by atoms with Gasteiger partial charge in [-0.1, -0.05) is 6.07 Å². The molecular weight excluding hydrogens is 224 g/mol. The first-order valence-electron chi connectivity index (χ1n) is 6.53. The third kappa shape index (κ3) is 2.99. The Labute approximate surface area is 109 Å². The molecule has 4 heteroatoms. The zero-order chi connectivity index (χ0) is 13.0. The van der Waals surface area contributed by atoms with Crippen LogP contribution in [0.1, 0.15) is 37.8 Å². The fourth-order valence-corrected chi connectivity index (χ4v) is 2.03. The van der Waals surface area contributed by atoms with Crippen LogP contribution in [-0.4, -0.2) is 24.6 Å². The molecular formula is C14H20N4. The van der Waals surface area contributed by atoms with Crippen molar-refractivity contribution in [2.75, 3.05) is 18.5 Å². The summed E-state index contributed by atoms with van der Waals surface area (Å²) in [4.78, 5) is 6.80. The Hall–Kier alpha value is -1.60. The standard InChI is InChI=1S/C14H20N4/c1-11(16-2)12-4-7-14(17-10-12)18(9-3-8-15)13-5-6-13/h4,7,10-11,13,16H,3,5-6,9H2,1-2H3. The van der Waals surface area contributed by atoms with Crippen LogP contribution < -0.4 is 10.2 Å². The van der Waals surface area contributed by atoms with Crippen LogP contribution in [0, 0.1) is 11.3 Å². The quantitative estimate of drug-likeness (QED) is 0.834. The minimum Gasteiger partial charge on any atom is -0.353 e. The molecule has 1 heterocycles. The van der Waals surface area contributed by atoms with Crippen molar-refractivity contribution in [1.82, 2.24) is 10.3 Å². The van der Waals surface area contributed by atoms with Gasteiger partial charge in [0.15, 0.2) is 0 Å². The Kier molecular flexibility index (Phi) is 4.16. The molecule has 1 atom stereocenters. The first-order valence-corrected chi connectivity index (χ1v) is 6.53. The van der Waals surface area contributed by atoms with Crippen LogP contribution in [0.5, 0.6) is 0 Å². The second kappa shape index (κ2) is 5.83. The summed E-state index contributed by atoms with van der Waals surface area (Å²) < 4.78 is 0. The lowest BCUT2D eigenvalue weighted by molar-refractivity contribution is 0.649. The fourth-order valence-electron chi connectivity index (χ4n) is 2.03. The summed E-state index contributed by atoms with van der Waals surface area (Å²) in [5.41, 5.74) is 1.19. The molecule has 0 saturated heterocycles. The van der Waals surface area contributed by atoms with E-state index in [1.807, 2.05) is 13.2 Å². The average molecular weight is 244 g/mol. The van der Waals surface area contributed by atoms with Crippen LogP contribution in [0.4, 0.5) is 5.82 Å². The summed E-state index contributed by atoms with van der Waals surface area (Å²) in [5.74, 6) is 1.000. The smallest absolute Gasteiger partial charge is 0.128 e. The number of hydrogen-bond donors (Lipinski definition) is 1. The molecule has 1 aliphatic carbocycles. The number of hydrogen-bond acceptors (Lipinski definition) is 4. The first-order chi connectivity index (χ1) is 8.76. The highest BCUT2D eigenvalue weighted by Crippen LogP contribution is 2.30. The van der Waals surface area contributed by atoms with Gasteiger partial charge in [-0.2, -0.15) is 5.26 Å². The zero-order valence-electron chi connectivity index (χ0n) is 11.1. The molecule has 1 unspecified atom stereocenters. The number of aromatic nitrogens is 1. The molecule has 1 fully saturated rings. The van der Waals surface area contributed by atoms with E-state index in [9.17, 15) is 0 Å². The molecule has 0 aliphatic heterocycles. The number of nitrogens with zero attached hydrogens (tertiary/aromatic N) is 3. The predicted octanol–water partition coefficient (Wildman–Crippen LogP) is 2.24. The fraction of sp³-hybridized carbons (Fsp3) is 0.571. The van der Waals surface area contributed by atoms with Crippen molar-refractivity contribution < 1.29 is 0 Å². The number of anilines is 1. The van der Waals surface area contributed by atoms with Gasteiger partial charge in [-0.05, 0) is 38.4 Å². The van der Waals surface area contributed by atoms with E-state index in [4.69, 9.17) is 5.26 Å². The molecule has 1 N–H and O–H groups in total. The van der Waals surface area contributed by atoms with Crippen LogP contribution in [0.15, 0.2) is 18.3 Å². The maximum absolute atomic E-state index is 8.71. The Morgan fingerprint density at radius 1 is 1.56 bits per heavy atom. The largest absolute Gasteiger partial charge is 0.353 e. The molecule has 0 aromatic carbocycles. The van der Waals surface area contributed by atoms with Crippen molar-refractivity contribution in [1.29, 1.82) is 5.26 Å². The van der Waals surface area contributed by atoms with Crippen LogP contribution in [0.25, 0.3) is 0 Å². The van der Waals surface area contributed by atoms with E-state index in [0.717, 1.165) is 12.4 Å². The van der Waals surface area contributed by atoms with Gasteiger partial charge in [-0.15, -0.1) is 0 Å². The minimum absolute atomic E-state index is 0.319. The van der Waals surface area contributed by atoms with E-state index < -0.39 is 0 Å². The average Bonchev–Trinajstić information content (AvgIpc) is 3.24. The molecule has 1 aliphatic rings. The van der Waals surface area contributed by atoms with E-state index in [0.29, 0.717) is 18.5 Å². The van der Waals surface area contributed by atoms with Gasteiger partial charge in [0.2, 0.25) is 0 Å². The Balaban J connectivity index is 2.08. The summed E-state index contributed by atoms with van der Waals surface area (Å²) in [7, 11) is 1.95. The third-order valence-corrected chi connectivity index (χ3v) is 3.45. The normalized spacial score (nSPS) is 16.1. The number of rotatable bonds is 6. The molecule has 96 valence electrons. The first kappa shape index (κ1) is 12.8. The molecule has 1 aromatic heterocycles. The topological polar surface area (TPSA) is 52.0 Å². The molecule has 4 nitrogen and oxygen atoms in total. The van der Waals surface area contributed by atoms with Gasteiger partial charge < -0.3 is 10.2 Å². The zero-order valence-corrected chi connectivity index (χ0v) is 11.1. The molecule has 1 saturated carbocycles. The van der Waals surface area contributed by atoms with Crippen molar-refractivity contribution >= 4 is 5.82 Å². The molecule has 0 radical (unpaired) electrons. The molecule has 18 heavy (non-hydrogen) atoms. The Morgan fingerprint density at radius 3 is 2.83 bits per heavy atom. The molecule has 0 spiro atoms. The third-order valence-electron chi connectivity index (χ3n) is 3.45. The van der Waals surface area contributed by atoms with Crippen LogP contribution in [0.3, 0.4) is 0 Å². The molecule has 2 rings (SSSR count). The van der Waals surface area contributed by atoms with Crippen molar-refractivity contribution in [3.05, 3.63) is 23.9 Å². The summed E-state index contributed by atoms with van der Waals surface area (Å²) in [6, 6.07) is 7.31. The summed E-state index contributed by atoms with van der Waals surface area (Å²) in [6.45, 7) is 2.90. The number of nitriles is 1. The number of nitrogens with one attached hydrogen (secondary N) is 1. The molecule has 0 bridgehead atoms. The molecule has 0 amide bonds. The number of pyridine rings is 1. The Morgan fingerprint density at radius 2 is 2.33 bits per heavy atom. The van der Waals surface area contributed by atoms with Gasteiger partial charge in [0, 0.05) is 24.8 Å². The highest BCUT2D eigenvalue weighted by Gasteiger charge is 2.29. The summed E-state index contributed by atoms with van der Waals surface area (Å²) >= 11 is 0. The lowest BCUT2D eigenvalue weighted by Gasteiger charge is -2.22. The highest BCUT2D eigenvalue weighted by atomic mass is 15.2. The van der Waals surface area contributed by atoms with E-state index >= 15 is 0 Å². The van der Waals surface area contributed by atoms with Gasteiger partial charge in [0.25, 0.3) is 0 Å². The maximum atomic E-state index is 8.71. The second-order valence-corrected chi connectivity index (χ2v) is 4.79. The van der Waals surface area contributed by atoms with Crippen LogP contribution >= 0.6 is 0 Å².